The quantitative estimate of drug-likeness (QED) is 0.793. The van der Waals surface area contributed by atoms with Gasteiger partial charge in [-0.1, -0.05) is 37.6 Å². The second kappa shape index (κ2) is 4.36. The molecule has 0 atom stereocenters. The summed E-state index contributed by atoms with van der Waals surface area (Å²) in [7, 11) is 0. The van der Waals surface area contributed by atoms with Gasteiger partial charge in [-0.05, 0) is 36.3 Å². The molecule has 1 nitrogen and oxygen atoms in total. The molecule has 0 radical (unpaired) electrons. The monoisotopic (exact) mass is 203 g/mol. The van der Waals surface area contributed by atoms with E-state index < -0.39 is 0 Å². The van der Waals surface area contributed by atoms with E-state index in [1.54, 1.807) is 0 Å². The third kappa shape index (κ3) is 2.23. The minimum atomic E-state index is 0.556. The SMILES string of the molecule is CCCC1(Cc2ccccc2C)CNC1. The molecule has 82 valence electrons. The standard InChI is InChI=1S/C14H21N/c1-3-8-14(10-15-11-14)9-13-7-5-4-6-12(13)2/h4-7,15H,3,8-11H2,1-2H3. The van der Waals surface area contributed by atoms with E-state index >= 15 is 0 Å². The molecule has 0 amide bonds. The maximum absolute atomic E-state index is 3.43. The number of rotatable bonds is 4. The van der Waals surface area contributed by atoms with E-state index in [1.807, 2.05) is 0 Å². The van der Waals surface area contributed by atoms with Gasteiger partial charge in [-0.25, -0.2) is 0 Å². The van der Waals surface area contributed by atoms with Crippen molar-refractivity contribution in [2.24, 2.45) is 5.41 Å². The Balaban J connectivity index is 2.10. The number of nitrogens with one attached hydrogen (secondary N) is 1. The summed E-state index contributed by atoms with van der Waals surface area (Å²) in [5, 5.41) is 3.43. The minimum absolute atomic E-state index is 0.556. The summed E-state index contributed by atoms with van der Waals surface area (Å²) in [6.45, 7) is 6.92. The third-order valence-corrected chi connectivity index (χ3v) is 3.61. The lowest BCUT2D eigenvalue weighted by molar-refractivity contribution is 0.150. The summed E-state index contributed by atoms with van der Waals surface area (Å²) >= 11 is 0. The molecule has 0 aliphatic carbocycles. The van der Waals surface area contributed by atoms with Crippen molar-refractivity contribution < 1.29 is 0 Å². The van der Waals surface area contributed by atoms with Gasteiger partial charge in [-0.15, -0.1) is 0 Å². The fraction of sp³-hybridized carbons (Fsp3) is 0.571. The van der Waals surface area contributed by atoms with Gasteiger partial charge in [0, 0.05) is 13.1 Å². The summed E-state index contributed by atoms with van der Waals surface area (Å²) in [6.07, 6.45) is 3.91. The van der Waals surface area contributed by atoms with Crippen molar-refractivity contribution in [3.63, 3.8) is 0 Å². The van der Waals surface area contributed by atoms with Crippen LogP contribution in [0.4, 0.5) is 0 Å². The van der Waals surface area contributed by atoms with Crippen molar-refractivity contribution in [3.8, 4) is 0 Å². The van der Waals surface area contributed by atoms with Crippen LogP contribution >= 0.6 is 0 Å². The summed E-state index contributed by atoms with van der Waals surface area (Å²) in [5.74, 6) is 0. The van der Waals surface area contributed by atoms with E-state index in [0.717, 1.165) is 0 Å². The van der Waals surface area contributed by atoms with Crippen LogP contribution in [0.5, 0.6) is 0 Å². The average Bonchev–Trinajstić information content (AvgIpc) is 2.18. The molecular formula is C14H21N. The Hall–Kier alpha value is -0.820. The van der Waals surface area contributed by atoms with E-state index in [2.05, 4.69) is 43.4 Å². The molecule has 1 aliphatic heterocycles. The predicted molar refractivity (Wildman–Crippen MR) is 65.1 cm³/mol. The highest BCUT2D eigenvalue weighted by molar-refractivity contribution is 5.27. The van der Waals surface area contributed by atoms with Gasteiger partial charge in [0.15, 0.2) is 0 Å². The van der Waals surface area contributed by atoms with Crippen molar-refractivity contribution in [3.05, 3.63) is 35.4 Å². The lowest BCUT2D eigenvalue weighted by Crippen LogP contribution is -2.54. The van der Waals surface area contributed by atoms with Gasteiger partial charge in [-0.2, -0.15) is 0 Å². The zero-order valence-corrected chi connectivity index (χ0v) is 9.84. The van der Waals surface area contributed by atoms with Crippen LogP contribution < -0.4 is 5.32 Å². The second-order valence-corrected chi connectivity index (χ2v) is 4.96. The summed E-state index contributed by atoms with van der Waals surface area (Å²) in [6, 6.07) is 8.80. The van der Waals surface area contributed by atoms with E-state index in [0.29, 0.717) is 5.41 Å². The lowest BCUT2D eigenvalue weighted by Gasteiger charge is -2.43. The van der Waals surface area contributed by atoms with Crippen LogP contribution in [0, 0.1) is 12.3 Å². The zero-order chi connectivity index (χ0) is 10.7. The summed E-state index contributed by atoms with van der Waals surface area (Å²) < 4.78 is 0. The Morgan fingerprint density at radius 2 is 2.00 bits per heavy atom. The molecule has 0 spiro atoms. The van der Waals surface area contributed by atoms with Crippen LogP contribution in [0.25, 0.3) is 0 Å². The van der Waals surface area contributed by atoms with Crippen LogP contribution in [0.3, 0.4) is 0 Å². The first-order valence-electron chi connectivity index (χ1n) is 6.01. The van der Waals surface area contributed by atoms with Gasteiger partial charge in [0.25, 0.3) is 0 Å². The molecule has 1 N–H and O–H groups in total. The first-order chi connectivity index (χ1) is 7.26. The van der Waals surface area contributed by atoms with Gasteiger partial charge < -0.3 is 5.32 Å². The molecule has 0 unspecified atom stereocenters. The first kappa shape index (κ1) is 10.7. The molecule has 0 aromatic heterocycles. The third-order valence-electron chi connectivity index (χ3n) is 3.61. The van der Waals surface area contributed by atoms with E-state index in [1.165, 1.54) is 43.5 Å². The molecule has 15 heavy (non-hydrogen) atoms. The van der Waals surface area contributed by atoms with Gasteiger partial charge >= 0.3 is 0 Å². The molecule has 2 rings (SSSR count). The van der Waals surface area contributed by atoms with E-state index in [9.17, 15) is 0 Å². The number of hydrogen-bond donors (Lipinski definition) is 1. The van der Waals surface area contributed by atoms with Crippen LogP contribution in [0.15, 0.2) is 24.3 Å². The Kier molecular flexibility index (Phi) is 3.11. The number of aryl methyl sites for hydroxylation is 1. The second-order valence-electron chi connectivity index (χ2n) is 4.96. The van der Waals surface area contributed by atoms with Crippen molar-refractivity contribution >= 4 is 0 Å². The molecule has 1 heteroatoms. The largest absolute Gasteiger partial charge is 0.316 e. The molecule has 1 heterocycles. The van der Waals surface area contributed by atoms with Crippen molar-refractivity contribution in [1.29, 1.82) is 0 Å². The molecule has 1 saturated heterocycles. The van der Waals surface area contributed by atoms with Gasteiger partial charge in [0.2, 0.25) is 0 Å². The lowest BCUT2D eigenvalue weighted by atomic mass is 9.72. The normalized spacial score (nSPS) is 18.5. The van der Waals surface area contributed by atoms with Crippen LogP contribution in [0.1, 0.15) is 30.9 Å². The van der Waals surface area contributed by atoms with Crippen molar-refractivity contribution in [2.75, 3.05) is 13.1 Å². The number of hydrogen-bond acceptors (Lipinski definition) is 1. The highest BCUT2D eigenvalue weighted by Gasteiger charge is 2.35. The Labute approximate surface area is 92.9 Å². The van der Waals surface area contributed by atoms with Crippen LogP contribution in [-0.4, -0.2) is 13.1 Å². The predicted octanol–water partition coefficient (Wildman–Crippen LogP) is 2.93. The highest BCUT2D eigenvalue weighted by atomic mass is 15.0. The molecule has 1 aromatic rings. The van der Waals surface area contributed by atoms with Gasteiger partial charge in [0.05, 0.1) is 0 Å². The Morgan fingerprint density at radius 3 is 2.53 bits per heavy atom. The average molecular weight is 203 g/mol. The van der Waals surface area contributed by atoms with Crippen molar-refractivity contribution in [2.45, 2.75) is 33.1 Å². The molecule has 1 fully saturated rings. The summed E-state index contributed by atoms with van der Waals surface area (Å²) in [4.78, 5) is 0. The minimum Gasteiger partial charge on any atom is -0.316 e. The topological polar surface area (TPSA) is 12.0 Å². The van der Waals surface area contributed by atoms with Crippen LogP contribution in [-0.2, 0) is 6.42 Å². The fourth-order valence-corrected chi connectivity index (χ4v) is 2.61. The summed E-state index contributed by atoms with van der Waals surface area (Å²) in [5.41, 5.74) is 3.54. The van der Waals surface area contributed by atoms with Crippen LogP contribution in [0.2, 0.25) is 0 Å². The maximum Gasteiger partial charge on any atom is 0.00234 e. The van der Waals surface area contributed by atoms with E-state index in [-0.39, 0.29) is 0 Å². The fourth-order valence-electron chi connectivity index (χ4n) is 2.61. The Bertz CT molecular complexity index is 326. The molecule has 1 aromatic carbocycles. The maximum atomic E-state index is 3.43. The van der Waals surface area contributed by atoms with E-state index in [4.69, 9.17) is 0 Å². The zero-order valence-electron chi connectivity index (χ0n) is 9.84. The molecular weight excluding hydrogens is 182 g/mol. The van der Waals surface area contributed by atoms with Gasteiger partial charge in [0.1, 0.15) is 0 Å². The van der Waals surface area contributed by atoms with Gasteiger partial charge in [-0.3, -0.25) is 0 Å². The molecule has 1 aliphatic rings. The first-order valence-corrected chi connectivity index (χ1v) is 6.01. The smallest absolute Gasteiger partial charge is 0.00234 e. The van der Waals surface area contributed by atoms with Crippen molar-refractivity contribution in [1.82, 2.24) is 5.32 Å². The molecule has 0 saturated carbocycles. The number of benzene rings is 1. The highest BCUT2D eigenvalue weighted by Crippen LogP contribution is 2.33. The Morgan fingerprint density at radius 1 is 1.27 bits per heavy atom. The molecule has 0 bridgehead atoms.